The maximum absolute atomic E-state index is 5.96. The van der Waals surface area contributed by atoms with E-state index >= 15 is 0 Å². The Morgan fingerprint density at radius 3 is 2.53 bits per heavy atom. The third-order valence-electron chi connectivity index (χ3n) is 4.33. The standard InChI is InChI=1S/C16H26N2O/c1-12-4-7-14(8-5-12)18(2)11-13-6-9-16(19-3)15(17)10-13/h6,9-10,12,14H,4-5,7-8,11,17H2,1-3H3. The van der Waals surface area contributed by atoms with Crippen LogP contribution in [0, 0.1) is 5.92 Å². The summed E-state index contributed by atoms with van der Waals surface area (Å²) in [6, 6.07) is 6.82. The van der Waals surface area contributed by atoms with Crippen LogP contribution in [0.25, 0.3) is 0 Å². The Kier molecular flexibility index (Phi) is 4.70. The van der Waals surface area contributed by atoms with Gasteiger partial charge in [-0.25, -0.2) is 0 Å². The van der Waals surface area contributed by atoms with Crippen LogP contribution in [0.2, 0.25) is 0 Å². The third-order valence-corrected chi connectivity index (χ3v) is 4.33. The Morgan fingerprint density at radius 2 is 1.95 bits per heavy atom. The molecule has 3 nitrogen and oxygen atoms in total. The predicted molar refractivity (Wildman–Crippen MR) is 80.3 cm³/mol. The summed E-state index contributed by atoms with van der Waals surface area (Å²) in [6.45, 7) is 3.33. The zero-order valence-electron chi connectivity index (χ0n) is 12.4. The van der Waals surface area contributed by atoms with Gasteiger partial charge in [-0.05, 0) is 56.3 Å². The number of anilines is 1. The molecule has 0 aromatic heterocycles. The molecule has 0 spiro atoms. The minimum atomic E-state index is 0.722. The van der Waals surface area contributed by atoms with E-state index < -0.39 is 0 Å². The molecule has 1 aliphatic rings. The van der Waals surface area contributed by atoms with Gasteiger partial charge in [0.25, 0.3) is 0 Å². The molecule has 0 aliphatic heterocycles. The lowest BCUT2D eigenvalue weighted by molar-refractivity contribution is 0.164. The lowest BCUT2D eigenvalue weighted by atomic mass is 9.86. The molecule has 3 heteroatoms. The summed E-state index contributed by atoms with van der Waals surface area (Å²) in [6.07, 6.45) is 5.37. The lowest BCUT2D eigenvalue weighted by Gasteiger charge is -2.33. The van der Waals surface area contributed by atoms with Crippen LogP contribution < -0.4 is 10.5 Å². The number of rotatable bonds is 4. The average molecular weight is 262 g/mol. The smallest absolute Gasteiger partial charge is 0.141 e. The van der Waals surface area contributed by atoms with E-state index in [9.17, 15) is 0 Å². The summed E-state index contributed by atoms with van der Waals surface area (Å²) < 4.78 is 5.19. The van der Waals surface area contributed by atoms with Crippen LogP contribution in [0.15, 0.2) is 18.2 Å². The van der Waals surface area contributed by atoms with Crippen molar-refractivity contribution in [3.05, 3.63) is 23.8 Å². The molecule has 2 N–H and O–H groups in total. The highest BCUT2D eigenvalue weighted by Gasteiger charge is 2.21. The number of benzene rings is 1. The largest absolute Gasteiger partial charge is 0.495 e. The molecule has 0 saturated heterocycles. The fraction of sp³-hybridized carbons (Fsp3) is 0.625. The Bertz CT molecular complexity index is 411. The SMILES string of the molecule is COc1ccc(CN(C)C2CCC(C)CC2)cc1N. The quantitative estimate of drug-likeness (QED) is 0.846. The molecule has 19 heavy (non-hydrogen) atoms. The van der Waals surface area contributed by atoms with Gasteiger partial charge in [0.2, 0.25) is 0 Å². The molecule has 1 saturated carbocycles. The van der Waals surface area contributed by atoms with Gasteiger partial charge in [-0.1, -0.05) is 13.0 Å². The molecule has 0 bridgehead atoms. The van der Waals surface area contributed by atoms with Crippen LogP contribution in [0.4, 0.5) is 5.69 Å². The van der Waals surface area contributed by atoms with Crippen molar-refractivity contribution in [3.63, 3.8) is 0 Å². The van der Waals surface area contributed by atoms with Crippen molar-refractivity contribution >= 4 is 5.69 Å². The van der Waals surface area contributed by atoms with Gasteiger partial charge in [0, 0.05) is 12.6 Å². The number of methoxy groups -OCH3 is 1. The molecule has 1 aliphatic carbocycles. The first-order valence-electron chi connectivity index (χ1n) is 7.22. The molecule has 0 unspecified atom stereocenters. The summed E-state index contributed by atoms with van der Waals surface area (Å²) in [5.74, 6) is 1.67. The number of nitrogens with zero attached hydrogens (tertiary/aromatic N) is 1. The van der Waals surface area contributed by atoms with Crippen molar-refractivity contribution in [1.29, 1.82) is 0 Å². The minimum absolute atomic E-state index is 0.722. The highest BCUT2D eigenvalue weighted by atomic mass is 16.5. The summed E-state index contributed by atoms with van der Waals surface area (Å²) in [4.78, 5) is 2.47. The Morgan fingerprint density at radius 1 is 1.26 bits per heavy atom. The van der Waals surface area contributed by atoms with Crippen LogP contribution in [-0.2, 0) is 6.54 Å². The number of ether oxygens (including phenoxy) is 1. The molecule has 106 valence electrons. The van der Waals surface area contributed by atoms with E-state index in [-0.39, 0.29) is 0 Å². The van der Waals surface area contributed by atoms with Gasteiger partial charge in [0.05, 0.1) is 12.8 Å². The van der Waals surface area contributed by atoms with Crippen molar-refractivity contribution < 1.29 is 4.74 Å². The van der Waals surface area contributed by atoms with Crippen LogP contribution in [-0.4, -0.2) is 25.1 Å². The number of hydrogen-bond donors (Lipinski definition) is 1. The van der Waals surface area contributed by atoms with Gasteiger partial charge in [-0.2, -0.15) is 0 Å². The molecule has 1 aromatic rings. The fourth-order valence-corrected chi connectivity index (χ4v) is 2.98. The summed E-state index contributed by atoms with van der Waals surface area (Å²) in [7, 11) is 3.88. The Labute approximate surface area is 116 Å². The van der Waals surface area contributed by atoms with Crippen LogP contribution in [0.5, 0.6) is 5.75 Å². The van der Waals surface area contributed by atoms with E-state index in [1.165, 1.54) is 31.2 Å². The first kappa shape index (κ1) is 14.2. The molecular weight excluding hydrogens is 236 g/mol. The van der Waals surface area contributed by atoms with Gasteiger partial charge < -0.3 is 10.5 Å². The summed E-state index contributed by atoms with van der Waals surface area (Å²) in [5, 5.41) is 0. The molecule has 0 atom stereocenters. The zero-order chi connectivity index (χ0) is 13.8. The van der Waals surface area contributed by atoms with E-state index in [2.05, 4.69) is 24.9 Å². The average Bonchev–Trinajstić information content (AvgIpc) is 2.39. The maximum Gasteiger partial charge on any atom is 0.141 e. The van der Waals surface area contributed by atoms with E-state index in [1.54, 1.807) is 7.11 Å². The normalized spacial score (nSPS) is 23.6. The van der Waals surface area contributed by atoms with Crippen LogP contribution >= 0.6 is 0 Å². The van der Waals surface area contributed by atoms with E-state index in [0.29, 0.717) is 0 Å². The Hall–Kier alpha value is -1.22. The summed E-state index contributed by atoms with van der Waals surface area (Å²) in [5.41, 5.74) is 7.95. The highest BCUT2D eigenvalue weighted by molar-refractivity contribution is 5.54. The number of nitrogens with two attached hydrogens (primary N) is 1. The second-order valence-corrected chi connectivity index (χ2v) is 5.91. The van der Waals surface area contributed by atoms with Crippen molar-refractivity contribution in [3.8, 4) is 5.75 Å². The Balaban J connectivity index is 1.95. The van der Waals surface area contributed by atoms with Crippen LogP contribution in [0.1, 0.15) is 38.2 Å². The topological polar surface area (TPSA) is 38.5 Å². The molecule has 0 radical (unpaired) electrons. The van der Waals surface area contributed by atoms with E-state index in [0.717, 1.165) is 29.9 Å². The lowest BCUT2D eigenvalue weighted by Crippen LogP contribution is -2.34. The van der Waals surface area contributed by atoms with Crippen molar-refractivity contribution in [2.75, 3.05) is 19.9 Å². The minimum Gasteiger partial charge on any atom is -0.495 e. The van der Waals surface area contributed by atoms with Gasteiger partial charge in [-0.3, -0.25) is 4.90 Å². The van der Waals surface area contributed by atoms with E-state index in [4.69, 9.17) is 10.5 Å². The highest BCUT2D eigenvalue weighted by Crippen LogP contribution is 2.28. The monoisotopic (exact) mass is 262 g/mol. The predicted octanol–water partition coefficient (Wildman–Crippen LogP) is 3.29. The number of hydrogen-bond acceptors (Lipinski definition) is 3. The second kappa shape index (κ2) is 6.29. The summed E-state index contributed by atoms with van der Waals surface area (Å²) >= 11 is 0. The molecule has 1 aromatic carbocycles. The first-order chi connectivity index (χ1) is 9.10. The molecule has 1 fully saturated rings. The number of nitrogen functional groups attached to an aromatic ring is 1. The van der Waals surface area contributed by atoms with Crippen molar-refractivity contribution in [2.45, 2.75) is 45.2 Å². The van der Waals surface area contributed by atoms with Crippen LogP contribution in [0.3, 0.4) is 0 Å². The molecule has 0 amide bonds. The maximum atomic E-state index is 5.96. The molecule has 2 rings (SSSR count). The van der Waals surface area contributed by atoms with Gasteiger partial charge in [-0.15, -0.1) is 0 Å². The van der Waals surface area contributed by atoms with Gasteiger partial charge >= 0.3 is 0 Å². The third kappa shape index (κ3) is 3.63. The van der Waals surface area contributed by atoms with Gasteiger partial charge in [0.15, 0.2) is 0 Å². The fourth-order valence-electron chi connectivity index (χ4n) is 2.98. The van der Waals surface area contributed by atoms with E-state index in [1.807, 2.05) is 12.1 Å². The first-order valence-corrected chi connectivity index (χ1v) is 7.22. The van der Waals surface area contributed by atoms with Crippen molar-refractivity contribution in [1.82, 2.24) is 4.90 Å². The van der Waals surface area contributed by atoms with Crippen molar-refractivity contribution in [2.24, 2.45) is 5.92 Å². The van der Waals surface area contributed by atoms with Gasteiger partial charge in [0.1, 0.15) is 5.75 Å². The second-order valence-electron chi connectivity index (χ2n) is 5.91. The molecular formula is C16H26N2O. The zero-order valence-corrected chi connectivity index (χ0v) is 12.4. The molecule has 0 heterocycles.